The summed E-state index contributed by atoms with van der Waals surface area (Å²) in [6, 6.07) is 13.2. The Morgan fingerprint density at radius 2 is 1.71 bits per heavy atom. The Morgan fingerprint density at radius 3 is 2.33 bits per heavy atom. The number of nitrogens with one attached hydrogen (secondary N) is 1. The van der Waals surface area contributed by atoms with Gasteiger partial charge in [-0.2, -0.15) is 0 Å². The summed E-state index contributed by atoms with van der Waals surface area (Å²) in [5.41, 5.74) is 2.73. The van der Waals surface area contributed by atoms with Gasteiger partial charge in [0, 0.05) is 17.1 Å². The van der Waals surface area contributed by atoms with Crippen LogP contribution < -0.4 is 9.88 Å². The van der Waals surface area contributed by atoms with Crippen molar-refractivity contribution in [2.75, 3.05) is 7.11 Å². The van der Waals surface area contributed by atoms with Gasteiger partial charge in [0.05, 0.1) is 7.11 Å². The SMILES string of the molecule is COc1ccc(-c2ccc3c(S(N)(=O)=O)c[nH]c3c2)cc1. The topological polar surface area (TPSA) is 85.2 Å². The summed E-state index contributed by atoms with van der Waals surface area (Å²) in [6.07, 6.45) is 1.41. The Hall–Kier alpha value is -2.31. The lowest BCUT2D eigenvalue weighted by Crippen LogP contribution is -2.11. The van der Waals surface area contributed by atoms with Crippen molar-refractivity contribution in [1.29, 1.82) is 0 Å². The van der Waals surface area contributed by atoms with E-state index in [-0.39, 0.29) is 4.90 Å². The van der Waals surface area contributed by atoms with Crippen molar-refractivity contribution in [2.24, 2.45) is 5.14 Å². The molecule has 0 aliphatic heterocycles. The number of ether oxygens (including phenoxy) is 1. The molecule has 0 spiro atoms. The number of aromatic nitrogens is 1. The maximum Gasteiger partial charge on any atom is 0.240 e. The van der Waals surface area contributed by atoms with Crippen molar-refractivity contribution in [3.63, 3.8) is 0 Å². The van der Waals surface area contributed by atoms with Crippen LogP contribution in [0.15, 0.2) is 53.6 Å². The van der Waals surface area contributed by atoms with Gasteiger partial charge in [0.25, 0.3) is 0 Å². The smallest absolute Gasteiger partial charge is 0.240 e. The molecule has 21 heavy (non-hydrogen) atoms. The van der Waals surface area contributed by atoms with E-state index >= 15 is 0 Å². The lowest BCUT2D eigenvalue weighted by molar-refractivity contribution is 0.415. The molecular weight excluding hydrogens is 288 g/mol. The van der Waals surface area contributed by atoms with Crippen molar-refractivity contribution in [2.45, 2.75) is 4.90 Å². The monoisotopic (exact) mass is 302 g/mol. The lowest BCUT2D eigenvalue weighted by atomic mass is 10.0. The summed E-state index contributed by atoms with van der Waals surface area (Å²) < 4.78 is 28.1. The van der Waals surface area contributed by atoms with Gasteiger partial charge >= 0.3 is 0 Å². The fraction of sp³-hybridized carbons (Fsp3) is 0.0667. The number of benzene rings is 2. The zero-order valence-electron chi connectivity index (χ0n) is 11.3. The molecule has 3 rings (SSSR count). The molecule has 0 unspecified atom stereocenters. The highest BCUT2D eigenvalue weighted by molar-refractivity contribution is 7.89. The number of nitrogens with two attached hydrogens (primary N) is 1. The first-order valence-corrected chi connectivity index (χ1v) is 7.82. The van der Waals surface area contributed by atoms with E-state index in [2.05, 4.69) is 4.98 Å². The number of fused-ring (bicyclic) bond motifs is 1. The minimum absolute atomic E-state index is 0.110. The molecule has 0 aliphatic carbocycles. The van der Waals surface area contributed by atoms with Crippen molar-refractivity contribution < 1.29 is 13.2 Å². The second-order valence-electron chi connectivity index (χ2n) is 4.69. The molecule has 3 N–H and O–H groups in total. The third kappa shape index (κ3) is 2.51. The molecule has 6 heteroatoms. The van der Waals surface area contributed by atoms with Crippen LogP contribution in [0.4, 0.5) is 0 Å². The average molecular weight is 302 g/mol. The van der Waals surface area contributed by atoms with Crippen LogP contribution in [0.3, 0.4) is 0 Å². The highest BCUT2D eigenvalue weighted by Crippen LogP contribution is 2.28. The average Bonchev–Trinajstić information content (AvgIpc) is 2.90. The third-order valence-corrected chi connectivity index (χ3v) is 4.32. The second-order valence-corrected chi connectivity index (χ2v) is 6.22. The van der Waals surface area contributed by atoms with Crippen molar-refractivity contribution >= 4 is 20.9 Å². The summed E-state index contributed by atoms with van der Waals surface area (Å²) >= 11 is 0. The largest absolute Gasteiger partial charge is 0.497 e. The van der Waals surface area contributed by atoms with Gasteiger partial charge < -0.3 is 9.72 Å². The molecular formula is C15H14N2O3S. The van der Waals surface area contributed by atoms with E-state index in [1.807, 2.05) is 36.4 Å². The van der Waals surface area contributed by atoms with Gasteiger partial charge in [-0.05, 0) is 29.3 Å². The highest BCUT2D eigenvalue weighted by atomic mass is 32.2. The number of sulfonamides is 1. The zero-order chi connectivity index (χ0) is 15.0. The quantitative estimate of drug-likeness (QED) is 0.779. The van der Waals surface area contributed by atoms with Crippen LogP contribution in [0.1, 0.15) is 0 Å². The molecule has 0 aliphatic rings. The molecule has 1 heterocycles. The van der Waals surface area contributed by atoms with E-state index in [0.29, 0.717) is 5.39 Å². The van der Waals surface area contributed by atoms with E-state index in [1.54, 1.807) is 13.2 Å². The summed E-state index contributed by atoms with van der Waals surface area (Å²) in [5.74, 6) is 0.788. The first-order chi connectivity index (χ1) is 9.99. The minimum Gasteiger partial charge on any atom is -0.497 e. The molecule has 3 aromatic rings. The normalized spacial score (nSPS) is 11.7. The Kier molecular flexibility index (Phi) is 3.19. The standard InChI is InChI=1S/C15H14N2O3S/c1-20-12-5-2-10(3-6-12)11-4-7-13-14(8-11)17-9-15(13)21(16,18)19/h2-9,17H,1H3,(H2,16,18,19). The van der Waals surface area contributed by atoms with Gasteiger partial charge in [0.2, 0.25) is 10.0 Å². The van der Waals surface area contributed by atoms with Gasteiger partial charge in [-0.15, -0.1) is 0 Å². The van der Waals surface area contributed by atoms with E-state index in [4.69, 9.17) is 9.88 Å². The van der Waals surface area contributed by atoms with Crippen LogP contribution in [0.5, 0.6) is 5.75 Å². The van der Waals surface area contributed by atoms with Crippen LogP contribution >= 0.6 is 0 Å². The number of aromatic amines is 1. The maximum absolute atomic E-state index is 11.5. The molecule has 2 aromatic carbocycles. The number of rotatable bonds is 3. The molecule has 0 amide bonds. The first kappa shape index (κ1) is 13.7. The van der Waals surface area contributed by atoms with Gasteiger partial charge in [-0.3, -0.25) is 0 Å². The molecule has 0 bridgehead atoms. The Labute approximate surface area is 122 Å². The van der Waals surface area contributed by atoms with Crippen molar-refractivity contribution in [3.8, 4) is 16.9 Å². The minimum atomic E-state index is -3.72. The molecule has 0 saturated carbocycles. The summed E-state index contributed by atoms with van der Waals surface area (Å²) in [7, 11) is -2.10. The van der Waals surface area contributed by atoms with Gasteiger partial charge in [-0.25, -0.2) is 13.6 Å². The molecule has 5 nitrogen and oxygen atoms in total. The molecule has 0 fully saturated rings. The summed E-state index contributed by atoms with van der Waals surface area (Å²) in [6.45, 7) is 0. The molecule has 0 atom stereocenters. The van der Waals surface area contributed by atoms with Crippen molar-refractivity contribution in [1.82, 2.24) is 4.98 Å². The van der Waals surface area contributed by atoms with Gasteiger partial charge in [0.1, 0.15) is 10.6 Å². The predicted octanol–water partition coefficient (Wildman–Crippen LogP) is 2.49. The maximum atomic E-state index is 11.5. The van der Waals surface area contributed by atoms with E-state index in [9.17, 15) is 8.42 Å². The number of primary sulfonamides is 1. The third-order valence-electron chi connectivity index (χ3n) is 3.37. The van der Waals surface area contributed by atoms with E-state index in [0.717, 1.165) is 22.4 Å². The second kappa shape index (κ2) is 4.91. The number of H-pyrrole nitrogens is 1. The summed E-state index contributed by atoms with van der Waals surface area (Å²) in [4.78, 5) is 3.05. The van der Waals surface area contributed by atoms with Crippen molar-refractivity contribution in [3.05, 3.63) is 48.7 Å². The zero-order valence-corrected chi connectivity index (χ0v) is 12.1. The van der Waals surface area contributed by atoms with Gasteiger partial charge in [-0.1, -0.05) is 24.3 Å². The fourth-order valence-corrected chi connectivity index (χ4v) is 3.01. The van der Waals surface area contributed by atoms with E-state index in [1.165, 1.54) is 6.20 Å². The van der Waals surface area contributed by atoms with Crippen LogP contribution in [0, 0.1) is 0 Å². The Bertz CT molecular complexity index is 896. The van der Waals surface area contributed by atoms with E-state index < -0.39 is 10.0 Å². The molecule has 0 saturated heterocycles. The van der Waals surface area contributed by atoms with Crippen LogP contribution in [-0.4, -0.2) is 20.5 Å². The Balaban J connectivity index is 2.09. The molecule has 0 radical (unpaired) electrons. The van der Waals surface area contributed by atoms with Crippen LogP contribution in [0.25, 0.3) is 22.0 Å². The lowest BCUT2D eigenvalue weighted by Gasteiger charge is -2.04. The Morgan fingerprint density at radius 1 is 1.05 bits per heavy atom. The number of methoxy groups -OCH3 is 1. The molecule has 108 valence electrons. The highest BCUT2D eigenvalue weighted by Gasteiger charge is 2.14. The number of hydrogen-bond donors (Lipinski definition) is 2. The van der Waals surface area contributed by atoms with Crippen LogP contribution in [0.2, 0.25) is 0 Å². The molecule has 1 aromatic heterocycles. The van der Waals surface area contributed by atoms with Crippen LogP contribution in [-0.2, 0) is 10.0 Å². The first-order valence-electron chi connectivity index (χ1n) is 6.27. The predicted molar refractivity (Wildman–Crippen MR) is 81.7 cm³/mol. The number of hydrogen-bond acceptors (Lipinski definition) is 3. The fourth-order valence-electron chi connectivity index (χ4n) is 2.30. The van der Waals surface area contributed by atoms with Gasteiger partial charge in [0.15, 0.2) is 0 Å². The summed E-state index contributed by atoms with van der Waals surface area (Å²) in [5, 5.41) is 5.78.